The summed E-state index contributed by atoms with van der Waals surface area (Å²) in [6.45, 7) is 6.66. The number of carbonyl (C=O) groups excluding carboxylic acids is 1. The van der Waals surface area contributed by atoms with Gasteiger partial charge >= 0.3 is 0 Å². The summed E-state index contributed by atoms with van der Waals surface area (Å²) in [4.78, 5) is 15.7. The molecule has 3 rings (SSSR count). The van der Waals surface area contributed by atoms with Crippen molar-refractivity contribution in [3.8, 4) is 0 Å². The van der Waals surface area contributed by atoms with E-state index in [0.29, 0.717) is 39.3 Å². The Labute approximate surface area is 173 Å². The quantitative estimate of drug-likeness (QED) is 0.654. The van der Waals surface area contributed by atoms with Gasteiger partial charge in [-0.2, -0.15) is 4.31 Å². The molecule has 0 unspecified atom stereocenters. The first-order valence-electron chi connectivity index (χ1n) is 9.81. The van der Waals surface area contributed by atoms with Crippen LogP contribution < -0.4 is 9.80 Å². The van der Waals surface area contributed by atoms with Crippen molar-refractivity contribution >= 4 is 21.6 Å². The van der Waals surface area contributed by atoms with Crippen molar-refractivity contribution in [2.45, 2.75) is 5.75 Å². The number of sulfonamides is 1. The lowest BCUT2D eigenvalue weighted by Gasteiger charge is -2.32. The standard InChI is InChI=1S/C22H27N3O3S/c1-2-13-25(21-11-7-4-8-12-21)22(26)18-23-14-16-24(17-15-23)29(27,28)19-20-9-5-3-6-10-20/h2-12H,1,13-19H2/p+1. The van der Waals surface area contributed by atoms with Gasteiger partial charge in [-0.1, -0.05) is 54.6 Å². The van der Waals surface area contributed by atoms with E-state index >= 15 is 0 Å². The summed E-state index contributed by atoms with van der Waals surface area (Å²) in [6, 6.07) is 18.8. The van der Waals surface area contributed by atoms with Crippen molar-refractivity contribution in [2.75, 3.05) is 44.2 Å². The molecule has 0 spiro atoms. The van der Waals surface area contributed by atoms with Gasteiger partial charge in [0.15, 0.2) is 6.54 Å². The number of nitrogens with one attached hydrogen (secondary N) is 1. The lowest BCUT2D eigenvalue weighted by atomic mass is 10.2. The van der Waals surface area contributed by atoms with Crippen LogP contribution >= 0.6 is 0 Å². The second-order valence-electron chi connectivity index (χ2n) is 7.20. The van der Waals surface area contributed by atoms with Gasteiger partial charge in [0.2, 0.25) is 10.0 Å². The number of quaternary nitrogens is 1. The number of nitrogens with zero attached hydrogens (tertiary/aromatic N) is 2. The molecule has 1 amide bonds. The van der Waals surface area contributed by atoms with Crippen molar-refractivity contribution in [3.63, 3.8) is 0 Å². The Balaban J connectivity index is 1.56. The molecule has 1 aliphatic rings. The van der Waals surface area contributed by atoms with E-state index in [-0.39, 0.29) is 11.7 Å². The highest BCUT2D eigenvalue weighted by Gasteiger charge is 2.31. The van der Waals surface area contributed by atoms with Gasteiger partial charge in [0.1, 0.15) is 0 Å². The highest BCUT2D eigenvalue weighted by atomic mass is 32.2. The van der Waals surface area contributed by atoms with E-state index in [2.05, 4.69) is 6.58 Å². The lowest BCUT2D eigenvalue weighted by Crippen LogP contribution is -3.15. The summed E-state index contributed by atoms with van der Waals surface area (Å²) < 4.78 is 26.9. The smallest absolute Gasteiger partial charge is 0.282 e. The molecule has 1 saturated heterocycles. The number of para-hydroxylation sites is 1. The molecular weight excluding hydrogens is 386 g/mol. The Morgan fingerprint density at radius 2 is 1.62 bits per heavy atom. The van der Waals surface area contributed by atoms with Crippen LogP contribution in [-0.4, -0.2) is 57.9 Å². The highest BCUT2D eigenvalue weighted by Crippen LogP contribution is 2.13. The van der Waals surface area contributed by atoms with Gasteiger partial charge in [0.05, 0.1) is 31.9 Å². The molecule has 1 N–H and O–H groups in total. The third kappa shape index (κ3) is 5.76. The maximum absolute atomic E-state index is 12.8. The summed E-state index contributed by atoms with van der Waals surface area (Å²) >= 11 is 0. The second-order valence-corrected chi connectivity index (χ2v) is 9.17. The monoisotopic (exact) mass is 414 g/mol. The average Bonchev–Trinajstić information content (AvgIpc) is 2.73. The average molecular weight is 415 g/mol. The molecule has 1 fully saturated rings. The van der Waals surface area contributed by atoms with Crippen LogP contribution in [0.2, 0.25) is 0 Å². The predicted octanol–water partition coefficient (Wildman–Crippen LogP) is 0.936. The van der Waals surface area contributed by atoms with E-state index in [0.717, 1.165) is 16.2 Å². The first kappa shape index (κ1) is 21.2. The minimum atomic E-state index is -3.34. The van der Waals surface area contributed by atoms with Crippen LogP contribution in [0, 0.1) is 0 Å². The molecule has 2 aromatic rings. The number of carbonyl (C=O) groups is 1. The topological polar surface area (TPSA) is 62.1 Å². The van der Waals surface area contributed by atoms with Crippen molar-refractivity contribution in [2.24, 2.45) is 0 Å². The van der Waals surface area contributed by atoms with E-state index in [1.165, 1.54) is 0 Å². The van der Waals surface area contributed by atoms with Gasteiger partial charge in [-0.05, 0) is 17.7 Å². The Bertz CT molecular complexity index is 909. The zero-order chi connectivity index (χ0) is 20.7. The van der Waals surface area contributed by atoms with Crippen molar-refractivity contribution in [3.05, 3.63) is 78.9 Å². The number of hydrogen-bond acceptors (Lipinski definition) is 3. The first-order valence-corrected chi connectivity index (χ1v) is 11.4. The largest absolute Gasteiger partial charge is 0.325 e. The van der Waals surface area contributed by atoms with E-state index in [9.17, 15) is 13.2 Å². The van der Waals surface area contributed by atoms with Gasteiger partial charge < -0.3 is 9.80 Å². The molecule has 2 aromatic carbocycles. The Hall–Kier alpha value is -2.48. The number of benzene rings is 2. The molecule has 0 atom stereocenters. The molecule has 1 heterocycles. The van der Waals surface area contributed by atoms with Crippen LogP contribution in [-0.2, 0) is 20.6 Å². The molecule has 1 aliphatic heterocycles. The number of amides is 1. The van der Waals surface area contributed by atoms with Gasteiger partial charge in [-0.3, -0.25) is 4.79 Å². The fourth-order valence-corrected chi connectivity index (χ4v) is 5.07. The predicted molar refractivity (Wildman–Crippen MR) is 115 cm³/mol. The zero-order valence-electron chi connectivity index (χ0n) is 16.5. The van der Waals surface area contributed by atoms with Crippen molar-refractivity contribution < 1.29 is 18.1 Å². The van der Waals surface area contributed by atoms with Crippen LogP contribution in [0.25, 0.3) is 0 Å². The molecule has 7 heteroatoms. The summed E-state index contributed by atoms with van der Waals surface area (Å²) in [5, 5.41) is 0. The summed E-state index contributed by atoms with van der Waals surface area (Å²) in [6.07, 6.45) is 1.72. The van der Waals surface area contributed by atoms with E-state index in [1.54, 1.807) is 15.3 Å². The zero-order valence-corrected chi connectivity index (χ0v) is 17.4. The molecule has 0 bridgehead atoms. The molecule has 154 valence electrons. The second kappa shape index (κ2) is 9.82. The van der Waals surface area contributed by atoms with Crippen LogP contribution in [0.4, 0.5) is 5.69 Å². The molecule has 6 nitrogen and oxygen atoms in total. The summed E-state index contributed by atoms with van der Waals surface area (Å²) in [7, 11) is -3.34. The van der Waals surface area contributed by atoms with Gasteiger partial charge in [-0.15, -0.1) is 6.58 Å². The maximum Gasteiger partial charge on any atom is 0.282 e. The van der Waals surface area contributed by atoms with Crippen molar-refractivity contribution in [1.29, 1.82) is 0 Å². The summed E-state index contributed by atoms with van der Waals surface area (Å²) in [5.74, 6) is 0.0372. The van der Waals surface area contributed by atoms with E-state index < -0.39 is 10.0 Å². The summed E-state index contributed by atoms with van der Waals surface area (Å²) in [5.41, 5.74) is 1.64. The molecule has 0 saturated carbocycles. The molecule has 0 aliphatic carbocycles. The molecule has 0 aromatic heterocycles. The van der Waals surface area contributed by atoms with E-state index in [1.807, 2.05) is 60.7 Å². The van der Waals surface area contributed by atoms with Crippen LogP contribution in [0.15, 0.2) is 73.3 Å². The Morgan fingerprint density at radius 1 is 1.03 bits per heavy atom. The molecule has 29 heavy (non-hydrogen) atoms. The normalized spacial score (nSPS) is 15.7. The fraction of sp³-hybridized carbons (Fsp3) is 0.318. The number of rotatable bonds is 8. The molecule has 0 radical (unpaired) electrons. The Kier molecular flexibility index (Phi) is 7.19. The lowest BCUT2D eigenvalue weighted by molar-refractivity contribution is -0.895. The van der Waals surface area contributed by atoms with E-state index in [4.69, 9.17) is 0 Å². The minimum Gasteiger partial charge on any atom is -0.325 e. The third-order valence-electron chi connectivity index (χ3n) is 5.10. The van der Waals surface area contributed by atoms with Gasteiger partial charge in [0, 0.05) is 12.2 Å². The van der Waals surface area contributed by atoms with Gasteiger partial charge in [0.25, 0.3) is 5.91 Å². The molecular formula is C22H28N3O3S+. The van der Waals surface area contributed by atoms with Crippen LogP contribution in [0.1, 0.15) is 5.56 Å². The fourth-order valence-electron chi connectivity index (χ4n) is 3.53. The Morgan fingerprint density at radius 3 is 2.21 bits per heavy atom. The maximum atomic E-state index is 12.8. The highest BCUT2D eigenvalue weighted by molar-refractivity contribution is 7.88. The minimum absolute atomic E-state index is 0.0171. The van der Waals surface area contributed by atoms with Crippen molar-refractivity contribution in [1.82, 2.24) is 4.31 Å². The number of piperazine rings is 1. The number of anilines is 1. The van der Waals surface area contributed by atoms with Crippen LogP contribution in [0.5, 0.6) is 0 Å². The SMILES string of the molecule is C=CCN(C(=O)C[NH+]1CCN(S(=O)(=O)Cc2ccccc2)CC1)c1ccccc1. The van der Waals surface area contributed by atoms with Crippen LogP contribution in [0.3, 0.4) is 0 Å². The van der Waals surface area contributed by atoms with Gasteiger partial charge in [-0.25, -0.2) is 8.42 Å². The number of hydrogen-bond donors (Lipinski definition) is 1. The third-order valence-corrected chi connectivity index (χ3v) is 6.95. The first-order chi connectivity index (χ1) is 14.0.